The van der Waals surface area contributed by atoms with Crippen LogP contribution in [0.3, 0.4) is 0 Å². The van der Waals surface area contributed by atoms with Gasteiger partial charge in [-0.1, -0.05) is 58.3 Å². The average molecular weight is 224 g/mol. The molecular weight excluding hydrogens is 196 g/mol. The van der Waals surface area contributed by atoms with Gasteiger partial charge in [-0.2, -0.15) is 0 Å². The molecule has 0 spiro atoms. The van der Waals surface area contributed by atoms with E-state index in [0.717, 1.165) is 12.8 Å². The molecule has 0 heterocycles. The summed E-state index contributed by atoms with van der Waals surface area (Å²) >= 11 is 0. The van der Waals surface area contributed by atoms with Crippen molar-refractivity contribution in [2.45, 2.75) is 84.0 Å². The highest BCUT2D eigenvalue weighted by Crippen LogP contribution is 2.24. The first-order valence-corrected chi connectivity index (χ1v) is 7.37. The van der Waals surface area contributed by atoms with E-state index in [1.807, 2.05) is 0 Å². The van der Waals surface area contributed by atoms with E-state index in [1.165, 1.54) is 64.2 Å². The van der Waals surface area contributed by atoms with Gasteiger partial charge in [0.1, 0.15) is 5.78 Å². The molecule has 0 aliphatic heterocycles. The van der Waals surface area contributed by atoms with E-state index < -0.39 is 0 Å². The second kappa shape index (κ2) is 8.78. The van der Waals surface area contributed by atoms with Crippen LogP contribution >= 0.6 is 0 Å². The van der Waals surface area contributed by atoms with Gasteiger partial charge in [-0.25, -0.2) is 0 Å². The van der Waals surface area contributed by atoms with E-state index in [1.54, 1.807) is 0 Å². The number of ketones is 1. The predicted octanol–water partition coefficient (Wildman–Crippen LogP) is 4.89. The highest BCUT2D eigenvalue weighted by Gasteiger charge is 2.18. The minimum atomic E-state index is 0.418. The molecule has 94 valence electrons. The quantitative estimate of drug-likeness (QED) is 0.587. The molecule has 0 N–H and O–H groups in total. The molecule has 0 aromatic rings. The molecule has 0 bridgehead atoms. The van der Waals surface area contributed by atoms with Gasteiger partial charge in [0.25, 0.3) is 0 Å². The van der Waals surface area contributed by atoms with Crippen LogP contribution in [-0.4, -0.2) is 5.78 Å². The summed E-state index contributed by atoms with van der Waals surface area (Å²) in [4.78, 5) is 12.0. The molecule has 16 heavy (non-hydrogen) atoms. The van der Waals surface area contributed by atoms with E-state index in [9.17, 15) is 4.79 Å². The summed E-state index contributed by atoms with van der Waals surface area (Å²) in [5, 5.41) is 0. The summed E-state index contributed by atoms with van der Waals surface area (Å²) in [5.74, 6) is 0.986. The molecule has 1 saturated carbocycles. The summed E-state index contributed by atoms with van der Waals surface area (Å²) < 4.78 is 0. The van der Waals surface area contributed by atoms with Crippen LogP contribution in [0.25, 0.3) is 0 Å². The van der Waals surface area contributed by atoms with Gasteiger partial charge >= 0.3 is 0 Å². The third-order valence-corrected chi connectivity index (χ3v) is 3.84. The number of carbonyl (C=O) groups is 1. The van der Waals surface area contributed by atoms with Crippen molar-refractivity contribution in [2.24, 2.45) is 5.92 Å². The fourth-order valence-corrected chi connectivity index (χ4v) is 2.71. The Morgan fingerprint density at radius 2 is 1.56 bits per heavy atom. The fraction of sp³-hybridized carbons (Fsp3) is 0.933. The molecular formula is C15H28O. The van der Waals surface area contributed by atoms with E-state index >= 15 is 0 Å². The monoisotopic (exact) mass is 224 g/mol. The van der Waals surface area contributed by atoms with Crippen molar-refractivity contribution in [3.05, 3.63) is 0 Å². The Labute approximate surface area is 101 Å². The topological polar surface area (TPSA) is 17.1 Å². The summed E-state index contributed by atoms with van der Waals surface area (Å²) in [6.45, 7) is 2.22. The molecule has 0 radical (unpaired) electrons. The zero-order chi connectivity index (χ0) is 11.6. The largest absolute Gasteiger partial charge is 0.299 e. The summed E-state index contributed by atoms with van der Waals surface area (Å²) in [7, 11) is 0. The fourth-order valence-electron chi connectivity index (χ4n) is 2.71. The molecule has 1 fully saturated rings. The SMILES string of the molecule is CCCCCCC(=O)C1CCCCCCC1. The summed E-state index contributed by atoms with van der Waals surface area (Å²) in [6.07, 6.45) is 14.8. The van der Waals surface area contributed by atoms with Crippen LogP contribution < -0.4 is 0 Å². The van der Waals surface area contributed by atoms with Gasteiger partial charge in [-0.15, -0.1) is 0 Å². The van der Waals surface area contributed by atoms with Crippen molar-refractivity contribution in [3.63, 3.8) is 0 Å². The minimum Gasteiger partial charge on any atom is -0.299 e. The highest BCUT2D eigenvalue weighted by molar-refractivity contribution is 5.80. The maximum atomic E-state index is 12.0. The smallest absolute Gasteiger partial charge is 0.135 e. The van der Waals surface area contributed by atoms with Crippen molar-refractivity contribution >= 4 is 5.78 Å². The Morgan fingerprint density at radius 3 is 2.19 bits per heavy atom. The van der Waals surface area contributed by atoms with Crippen molar-refractivity contribution in [1.29, 1.82) is 0 Å². The molecule has 0 aromatic carbocycles. The van der Waals surface area contributed by atoms with Crippen molar-refractivity contribution in [2.75, 3.05) is 0 Å². The van der Waals surface area contributed by atoms with Crippen LogP contribution in [0.15, 0.2) is 0 Å². The van der Waals surface area contributed by atoms with Gasteiger partial charge in [0.2, 0.25) is 0 Å². The lowest BCUT2D eigenvalue weighted by atomic mass is 9.86. The molecule has 0 amide bonds. The summed E-state index contributed by atoms with van der Waals surface area (Å²) in [6, 6.07) is 0. The lowest BCUT2D eigenvalue weighted by molar-refractivity contribution is -0.123. The Balaban J connectivity index is 2.17. The maximum absolute atomic E-state index is 12.0. The van der Waals surface area contributed by atoms with Gasteiger partial charge in [0, 0.05) is 12.3 Å². The van der Waals surface area contributed by atoms with Crippen LogP contribution in [0.5, 0.6) is 0 Å². The van der Waals surface area contributed by atoms with Crippen molar-refractivity contribution in [3.8, 4) is 0 Å². The molecule has 0 unspecified atom stereocenters. The zero-order valence-electron chi connectivity index (χ0n) is 11.0. The standard InChI is InChI=1S/C15H28O/c1-2-3-4-10-13-15(16)14-11-8-6-5-7-9-12-14/h14H,2-13H2,1H3. The van der Waals surface area contributed by atoms with Gasteiger partial charge < -0.3 is 0 Å². The molecule has 0 aromatic heterocycles. The normalized spacial score (nSPS) is 19.1. The van der Waals surface area contributed by atoms with Crippen molar-refractivity contribution < 1.29 is 4.79 Å². The van der Waals surface area contributed by atoms with Gasteiger partial charge in [0.15, 0.2) is 0 Å². The Kier molecular flexibility index (Phi) is 7.54. The summed E-state index contributed by atoms with van der Waals surface area (Å²) in [5.41, 5.74) is 0. The number of Topliss-reactive ketones (excluding diaryl/α,β-unsaturated/α-hetero) is 1. The molecule has 1 nitrogen and oxygen atoms in total. The van der Waals surface area contributed by atoms with Crippen molar-refractivity contribution in [1.82, 2.24) is 0 Å². The Bertz CT molecular complexity index is 178. The average Bonchev–Trinajstić information content (AvgIpc) is 2.23. The van der Waals surface area contributed by atoms with E-state index in [0.29, 0.717) is 11.7 Å². The first-order valence-electron chi connectivity index (χ1n) is 7.37. The Hall–Kier alpha value is -0.330. The van der Waals surface area contributed by atoms with Crippen LogP contribution in [0.4, 0.5) is 0 Å². The molecule has 1 aliphatic rings. The van der Waals surface area contributed by atoms with Crippen LogP contribution in [0, 0.1) is 5.92 Å². The van der Waals surface area contributed by atoms with E-state index in [2.05, 4.69) is 6.92 Å². The minimum absolute atomic E-state index is 0.418. The maximum Gasteiger partial charge on any atom is 0.135 e. The molecule has 0 atom stereocenters. The second-order valence-corrected chi connectivity index (χ2v) is 5.32. The molecule has 1 rings (SSSR count). The van der Waals surface area contributed by atoms with Crippen LogP contribution in [-0.2, 0) is 4.79 Å². The van der Waals surface area contributed by atoms with Gasteiger partial charge in [0.05, 0.1) is 0 Å². The number of hydrogen-bond donors (Lipinski definition) is 0. The van der Waals surface area contributed by atoms with E-state index in [-0.39, 0.29) is 0 Å². The first-order chi connectivity index (χ1) is 7.84. The third kappa shape index (κ3) is 5.67. The molecule has 1 aliphatic carbocycles. The highest BCUT2D eigenvalue weighted by atomic mass is 16.1. The van der Waals surface area contributed by atoms with Crippen LogP contribution in [0.2, 0.25) is 0 Å². The third-order valence-electron chi connectivity index (χ3n) is 3.84. The van der Waals surface area contributed by atoms with E-state index in [4.69, 9.17) is 0 Å². The van der Waals surface area contributed by atoms with Gasteiger partial charge in [-0.3, -0.25) is 4.79 Å². The number of hydrogen-bond acceptors (Lipinski definition) is 1. The number of carbonyl (C=O) groups excluding carboxylic acids is 1. The zero-order valence-corrected chi connectivity index (χ0v) is 11.0. The molecule has 1 heteroatoms. The van der Waals surface area contributed by atoms with Gasteiger partial charge in [-0.05, 0) is 19.3 Å². The van der Waals surface area contributed by atoms with Crippen LogP contribution in [0.1, 0.15) is 84.0 Å². The predicted molar refractivity (Wildman–Crippen MR) is 69.6 cm³/mol. The number of rotatable bonds is 6. The lowest BCUT2D eigenvalue weighted by Crippen LogP contribution is -2.15. The first kappa shape index (κ1) is 13.7. The number of unbranched alkanes of at least 4 members (excludes halogenated alkanes) is 3. The molecule has 0 saturated heterocycles. The lowest BCUT2D eigenvalue weighted by Gasteiger charge is -2.18. The second-order valence-electron chi connectivity index (χ2n) is 5.32. The Morgan fingerprint density at radius 1 is 0.938 bits per heavy atom.